The van der Waals surface area contributed by atoms with E-state index in [1.165, 1.54) is 38.2 Å². The van der Waals surface area contributed by atoms with E-state index < -0.39 is 51.2 Å². The number of rotatable bonds is 11. The molecule has 1 aromatic carbocycles. The highest BCUT2D eigenvalue weighted by Gasteiger charge is 2.40. The van der Waals surface area contributed by atoms with Gasteiger partial charge in [-0.25, -0.2) is 8.42 Å². The first-order valence-electron chi connectivity index (χ1n) is 11.1. The largest absolute Gasteiger partial charge is 0.480 e. The Morgan fingerprint density at radius 3 is 1.94 bits per heavy atom. The summed E-state index contributed by atoms with van der Waals surface area (Å²) in [6.07, 6.45) is 0.0530. The van der Waals surface area contributed by atoms with Gasteiger partial charge in [-0.1, -0.05) is 34.6 Å². The Balaban J connectivity index is 3.31. The molecule has 3 amide bonds. The fraction of sp³-hybridized carbons (Fsp3) is 0.565. The van der Waals surface area contributed by atoms with Gasteiger partial charge in [-0.2, -0.15) is 4.72 Å². The lowest BCUT2D eigenvalue weighted by molar-refractivity contribution is -0.144. The summed E-state index contributed by atoms with van der Waals surface area (Å²) in [6.45, 7) is 10.1. The molecule has 0 aromatic heterocycles. The molecule has 35 heavy (non-hydrogen) atoms. The zero-order valence-corrected chi connectivity index (χ0v) is 21.9. The average Bonchev–Trinajstić information content (AvgIpc) is 2.72. The second-order valence-corrected chi connectivity index (χ2v) is 11.5. The number of likely N-dealkylation sites (N-methyl/N-ethyl adjacent to an activating group) is 1. The molecule has 5 N–H and O–H groups in total. The van der Waals surface area contributed by atoms with Crippen molar-refractivity contribution in [3.63, 3.8) is 0 Å². The van der Waals surface area contributed by atoms with Crippen LogP contribution in [0.25, 0.3) is 0 Å². The molecule has 0 saturated heterocycles. The maximum atomic E-state index is 13.2. The highest BCUT2D eigenvalue weighted by atomic mass is 32.2. The van der Waals surface area contributed by atoms with Crippen LogP contribution in [-0.2, 0) is 29.2 Å². The van der Waals surface area contributed by atoms with E-state index in [0.717, 1.165) is 0 Å². The van der Waals surface area contributed by atoms with E-state index in [9.17, 15) is 32.7 Å². The number of sulfonamides is 1. The standard InChI is InChI=1S/C23H36N4O7S/c1-13(2)12-17(20(29)26-19(21(30)24-7)23(4,5)6)18(22(31)32)27-35(33,34)16-10-8-15(9-11-16)25-14(3)28/h8-11,13,17-19,27H,12H2,1-7H3,(H,24,30)(H,25,28)(H,26,29)(H,31,32)/t17-,18+,19-/m1/s1. The number of aliphatic carboxylic acids is 1. The van der Waals surface area contributed by atoms with Crippen molar-refractivity contribution >= 4 is 39.4 Å². The van der Waals surface area contributed by atoms with E-state index in [-0.39, 0.29) is 23.1 Å². The van der Waals surface area contributed by atoms with Crippen LogP contribution in [0, 0.1) is 17.3 Å². The SMILES string of the molecule is CNC(=O)[C@@H](NC(=O)[C@H](CC(C)C)[C@H](NS(=O)(=O)c1ccc(NC(C)=O)cc1)C(=O)O)C(C)(C)C. The maximum Gasteiger partial charge on any atom is 0.322 e. The molecule has 0 fully saturated rings. The molecule has 11 nitrogen and oxygen atoms in total. The van der Waals surface area contributed by atoms with Crippen LogP contribution in [0.2, 0.25) is 0 Å². The van der Waals surface area contributed by atoms with Gasteiger partial charge in [0.05, 0.1) is 10.8 Å². The number of anilines is 1. The molecule has 0 spiro atoms. The number of carboxylic acids is 1. The van der Waals surface area contributed by atoms with E-state index >= 15 is 0 Å². The number of nitrogens with one attached hydrogen (secondary N) is 4. The monoisotopic (exact) mass is 512 g/mol. The normalized spacial score (nSPS) is 14.5. The molecular weight excluding hydrogens is 476 g/mol. The van der Waals surface area contributed by atoms with Gasteiger partial charge in [-0.3, -0.25) is 19.2 Å². The smallest absolute Gasteiger partial charge is 0.322 e. The maximum absolute atomic E-state index is 13.2. The topological polar surface area (TPSA) is 171 Å². The zero-order chi connectivity index (χ0) is 27.1. The first kappa shape index (κ1) is 30.0. The molecule has 0 saturated carbocycles. The van der Waals surface area contributed by atoms with Crippen molar-refractivity contribution < 1.29 is 32.7 Å². The lowest BCUT2D eigenvalue weighted by Gasteiger charge is -2.33. The van der Waals surface area contributed by atoms with Crippen molar-refractivity contribution in [2.45, 2.75) is 64.9 Å². The highest BCUT2D eigenvalue weighted by Crippen LogP contribution is 2.24. The Labute approximate surface area is 206 Å². The third kappa shape index (κ3) is 8.95. The fourth-order valence-electron chi connectivity index (χ4n) is 3.43. The summed E-state index contributed by atoms with van der Waals surface area (Å²) in [4.78, 5) is 48.7. The van der Waals surface area contributed by atoms with Gasteiger partial charge in [0.2, 0.25) is 27.7 Å². The van der Waals surface area contributed by atoms with Crippen molar-refractivity contribution in [1.29, 1.82) is 0 Å². The predicted octanol–water partition coefficient (Wildman–Crippen LogP) is 1.32. The minimum Gasteiger partial charge on any atom is -0.480 e. The number of amides is 3. The van der Waals surface area contributed by atoms with Gasteiger partial charge in [-0.15, -0.1) is 0 Å². The van der Waals surface area contributed by atoms with Crippen molar-refractivity contribution in [2.75, 3.05) is 12.4 Å². The minimum atomic E-state index is -4.34. The third-order valence-corrected chi connectivity index (χ3v) is 6.62. The summed E-state index contributed by atoms with van der Waals surface area (Å²) in [7, 11) is -2.92. The van der Waals surface area contributed by atoms with E-state index in [1.54, 1.807) is 34.6 Å². The Bertz CT molecular complexity index is 1030. The van der Waals surface area contributed by atoms with Crippen LogP contribution >= 0.6 is 0 Å². The second-order valence-electron chi connectivity index (χ2n) is 9.80. The number of hydrogen-bond donors (Lipinski definition) is 5. The van der Waals surface area contributed by atoms with Gasteiger partial charge in [0.15, 0.2) is 0 Å². The number of hydrogen-bond acceptors (Lipinski definition) is 6. The van der Waals surface area contributed by atoms with Crippen LogP contribution in [0.5, 0.6) is 0 Å². The summed E-state index contributed by atoms with van der Waals surface area (Å²) in [5, 5.41) is 17.5. The van der Waals surface area contributed by atoms with Crippen LogP contribution < -0.4 is 20.7 Å². The summed E-state index contributed by atoms with van der Waals surface area (Å²) >= 11 is 0. The molecule has 12 heteroatoms. The molecule has 196 valence electrons. The summed E-state index contributed by atoms with van der Waals surface area (Å²) < 4.78 is 28.1. The lowest BCUT2D eigenvalue weighted by Crippen LogP contribution is -2.58. The Morgan fingerprint density at radius 2 is 1.54 bits per heavy atom. The number of carbonyl (C=O) groups is 4. The van der Waals surface area contributed by atoms with Crippen LogP contribution in [0.3, 0.4) is 0 Å². The zero-order valence-electron chi connectivity index (χ0n) is 21.1. The molecule has 0 heterocycles. The number of carbonyl (C=O) groups excluding carboxylic acids is 3. The van der Waals surface area contributed by atoms with E-state index in [4.69, 9.17) is 0 Å². The van der Waals surface area contributed by atoms with E-state index in [0.29, 0.717) is 5.69 Å². The molecule has 1 aromatic rings. The lowest BCUT2D eigenvalue weighted by atomic mass is 9.84. The van der Waals surface area contributed by atoms with Crippen molar-refractivity contribution in [2.24, 2.45) is 17.3 Å². The van der Waals surface area contributed by atoms with Crippen molar-refractivity contribution in [3.8, 4) is 0 Å². The van der Waals surface area contributed by atoms with Gasteiger partial charge in [0, 0.05) is 19.7 Å². The predicted molar refractivity (Wildman–Crippen MR) is 131 cm³/mol. The summed E-state index contributed by atoms with van der Waals surface area (Å²) in [5.74, 6) is -4.52. The Kier molecular flexibility index (Phi) is 10.4. The molecule has 0 radical (unpaired) electrons. The minimum absolute atomic E-state index is 0.0530. The fourth-order valence-corrected chi connectivity index (χ4v) is 4.66. The molecule has 3 atom stereocenters. The number of benzene rings is 1. The molecule has 0 bridgehead atoms. The average molecular weight is 513 g/mol. The summed E-state index contributed by atoms with van der Waals surface area (Å²) in [6, 6.07) is 2.39. The second kappa shape index (κ2) is 12.1. The van der Waals surface area contributed by atoms with Crippen LogP contribution in [0.4, 0.5) is 5.69 Å². The summed E-state index contributed by atoms with van der Waals surface area (Å²) in [5.41, 5.74) is -0.322. The van der Waals surface area contributed by atoms with Gasteiger partial charge in [0.25, 0.3) is 0 Å². The first-order valence-corrected chi connectivity index (χ1v) is 12.6. The number of carboxylic acid groups (broad SMARTS) is 1. The van der Waals surface area contributed by atoms with Crippen LogP contribution in [-0.4, -0.2) is 56.3 Å². The molecule has 1 rings (SSSR count). The van der Waals surface area contributed by atoms with Crippen molar-refractivity contribution in [1.82, 2.24) is 15.4 Å². The highest BCUT2D eigenvalue weighted by molar-refractivity contribution is 7.89. The van der Waals surface area contributed by atoms with Crippen LogP contribution in [0.1, 0.15) is 48.0 Å². The van der Waals surface area contributed by atoms with Gasteiger partial charge in [0.1, 0.15) is 12.1 Å². The van der Waals surface area contributed by atoms with Gasteiger partial charge < -0.3 is 21.1 Å². The molecule has 0 unspecified atom stereocenters. The molecule has 0 aliphatic carbocycles. The molecular formula is C23H36N4O7S. The van der Waals surface area contributed by atoms with Gasteiger partial charge >= 0.3 is 5.97 Å². The van der Waals surface area contributed by atoms with E-state index in [2.05, 4.69) is 20.7 Å². The first-order chi connectivity index (χ1) is 16.0. The third-order valence-electron chi connectivity index (χ3n) is 5.16. The Morgan fingerprint density at radius 1 is 1.00 bits per heavy atom. The van der Waals surface area contributed by atoms with E-state index in [1.807, 2.05) is 0 Å². The van der Waals surface area contributed by atoms with Gasteiger partial charge in [-0.05, 0) is 42.0 Å². The molecule has 0 aliphatic rings. The quantitative estimate of drug-likeness (QED) is 0.297. The Hall–Kier alpha value is -2.99. The van der Waals surface area contributed by atoms with Crippen LogP contribution in [0.15, 0.2) is 29.2 Å². The van der Waals surface area contributed by atoms with Crippen molar-refractivity contribution in [3.05, 3.63) is 24.3 Å². The molecule has 0 aliphatic heterocycles.